The number of rotatable bonds is 8. The molecule has 168 valence electrons. The lowest BCUT2D eigenvalue weighted by atomic mass is 10.1. The Balaban J connectivity index is 1.59. The van der Waals surface area contributed by atoms with Crippen molar-refractivity contribution in [2.24, 2.45) is 0 Å². The molecular weight excluding hydrogens is 416 g/mol. The van der Waals surface area contributed by atoms with Crippen molar-refractivity contribution in [3.05, 3.63) is 96.1 Å². The zero-order chi connectivity index (χ0) is 23.2. The van der Waals surface area contributed by atoms with Crippen molar-refractivity contribution in [3.8, 4) is 5.75 Å². The number of ether oxygens (including phenoxy) is 1. The van der Waals surface area contributed by atoms with Gasteiger partial charge in [0, 0.05) is 6.54 Å². The van der Waals surface area contributed by atoms with Crippen LogP contribution in [-0.2, 0) is 27.3 Å². The van der Waals surface area contributed by atoms with Gasteiger partial charge in [-0.1, -0.05) is 60.7 Å². The summed E-state index contributed by atoms with van der Waals surface area (Å²) in [7, 11) is 0. The number of benzene rings is 3. The SMILES string of the molecule is CCOc1ccc(N2C(=O)CC(N(Cc3ccccc3)C(=O)Cc3ccccc3)C2=O)cc1. The molecule has 1 heterocycles. The van der Waals surface area contributed by atoms with E-state index in [1.54, 1.807) is 24.3 Å². The molecule has 0 aromatic heterocycles. The van der Waals surface area contributed by atoms with Crippen LogP contribution in [0.3, 0.4) is 0 Å². The molecule has 3 amide bonds. The molecule has 6 nitrogen and oxygen atoms in total. The number of anilines is 1. The van der Waals surface area contributed by atoms with Gasteiger partial charge in [-0.05, 0) is 42.3 Å². The van der Waals surface area contributed by atoms with Crippen LogP contribution in [0, 0.1) is 0 Å². The predicted molar refractivity (Wildman–Crippen MR) is 126 cm³/mol. The average molecular weight is 443 g/mol. The highest BCUT2D eigenvalue weighted by molar-refractivity contribution is 6.23. The summed E-state index contributed by atoms with van der Waals surface area (Å²) in [5, 5.41) is 0. The van der Waals surface area contributed by atoms with Crippen molar-refractivity contribution in [1.82, 2.24) is 4.90 Å². The van der Waals surface area contributed by atoms with E-state index in [-0.39, 0.29) is 37.1 Å². The lowest BCUT2D eigenvalue weighted by Crippen LogP contribution is -2.45. The Kier molecular flexibility index (Phi) is 6.83. The Morgan fingerprint density at radius 1 is 0.909 bits per heavy atom. The molecule has 1 atom stereocenters. The molecule has 1 aliphatic heterocycles. The molecule has 0 N–H and O–H groups in total. The van der Waals surface area contributed by atoms with Gasteiger partial charge in [0.1, 0.15) is 11.8 Å². The number of amides is 3. The topological polar surface area (TPSA) is 66.9 Å². The normalized spacial score (nSPS) is 15.5. The number of carbonyl (C=O) groups is 3. The smallest absolute Gasteiger partial charge is 0.257 e. The molecule has 1 unspecified atom stereocenters. The van der Waals surface area contributed by atoms with Crippen molar-refractivity contribution in [2.75, 3.05) is 11.5 Å². The lowest BCUT2D eigenvalue weighted by molar-refractivity contribution is -0.138. The van der Waals surface area contributed by atoms with E-state index in [1.165, 1.54) is 9.80 Å². The van der Waals surface area contributed by atoms with Crippen molar-refractivity contribution in [1.29, 1.82) is 0 Å². The molecule has 1 fully saturated rings. The summed E-state index contributed by atoms with van der Waals surface area (Å²) >= 11 is 0. The number of hydrogen-bond acceptors (Lipinski definition) is 4. The molecule has 0 aliphatic carbocycles. The second-order valence-electron chi connectivity index (χ2n) is 7.88. The minimum absolute atomic E-state index is 0.0423. The van der Waals surface area contributed by atoms with Gasteiger partial charge in [0.2, 0.25) is 11.8 Å². The van der Waals surface area contributed by atoms with E-state index < -0.39 is 6.04 Å². The fourth-order valence-corrected chi connectivity index (χ4v) is 4.01. The average Bonchev–Trinajstić information content (AvgIpc) is 3.13. The minimum Gasteiger partial charge on any atom is -0.494 e. The summed E-state index contributed by atoms with van der Waals surface area (Å²) in [6.07, 6.45) is 0.119. The van der Waals surface area contributed by atoms with Gasteiger partial charge in [-0.15, -0.1) is 0 Å². The zero-order valence-corrected chi connectivity index (χ0v) is 18.5. The molecule has 4 rings (SSSR count). The van der Waals surface area contributed by atoms with E-state index in [0.29, 0.717) is 18.0 Å². The Morgan fingerprint density at radius 3 is 2.12 bits per heavy atom. The van der Waals surface area contributed by atoms with Crippen molar-refractivity contribution >= 4 is 23.4 Å². The summed E-state index contributed by atoms with van der Waals surface area (Å²) in [5.41, 5.74) is 2.24. The molecule has 3 aromatic carbocycles. The fourth-order valence-electron chi connectivity index (χ4n) is 4.01. The number of imide groups is 1. The van der Waals surface area contributed by atoms with Gasteiger partial charge in [-0.3, -0.25) is 14.4 Å². The molecule has 0 bridgehead atoms. The molecule has 33 heavy (non-hydrogen) atoms. The van der Waals surface area contributed by atoms with Crippen LogP contribution in [0.25, 0.3) is 0 Å². The van der Waals surface area contributed by atoms with Gasteiger partial charge < -0.3 is 9.64 Å². The number of carbonyl (C=O) groups excluding carboxylic acids is 3. The second-order valence-corrected chi connectivity index (χ2v) is 7.88. The van der Waals surface area contributed by atoms with Crippen LogP contribution in [0.15, 0.2) is 84.9 Å². The van der Waals surface area contributed by atoms with Crippen LogP contribution in [0.1, 0.15) is 24.5 Å². The molecule has 0 saturated carbocycles. The Hall–Kier alpha value is -3.93. The third kappa shape index (κ3) is 5.12. The standard InChI is InChI=1S/C27H26N2O4/c1-2-33-23-15-13-22(14-16-23)29-26(31)18-24(27(29)32)28(19-21-11-7-4-8-12-21)25(30)17-20-9-5-3-6-10-20/h3-16,24H,2,17-19H2,1H3. The molecular formula is C27H26N2O4. The molecule has 0 radical (unpaired) electrons. The maximum absolute atomic E-state index is 13.4. The fraction of sp³-hybridized carbons (Fsp3) is 0.222. The van der Waals surface area contributed by atoms with E-state index in [9.17, 15) is 14.4 Å². The minimum atomic E-state index is -0.847. The zero-order valence-electron chi connectivity index (χ0n) is 18.5. The third-order valence-electron chi connectivity index (χ3n) is 5.62. The predicted octanol–water partition coefficient (Wildman–Crippen LogP) is 3.99. The Bertz CT molecular complexity index is 1110. The highest BCUT2D eigenvalue weighted by atomic mass is 16.5. The first-order valence-corrected chi connectivity index (χ1v) is 11.0. The summed E-state index contributed by atoms with van der Waals surface area (Å²) in [6.45, 7) is 2.67. The van der Waals surface area contributed by atoms with Crippen molar-refractivity contribution < 1.29 is 19.1 Å². The monoisotopic (exact) mass is 442 g/mol. The van der Waals surface area contributed by atoms with Gasteiger partial charge in [0.05, 0.1) is 25.1 Å². The Morgan fingerprint density at radius 2 is 1.52 bits per heavy atom. The van der Waals surface area contributed by atoms with E-state index in [1.807, 2.05) is 67.6 Å². The van der Waals surface area contributed by atoms with Gasteiger partial charge in [-0.25, -0.2) is 4.90 Å². The lowest BCUT2D eigenvalue weighted by Gasteiger charge is -2.28. The maximum atomic E-state index is 13.4. The number of nitrogens with zero attached hydrogens (tertiary/aromatic N) is 2. The van der Waals surface area contributed by atoms with Crippen molar-refractivity contribution in [2.45, 2.75) is 32.4 Å². The largest absolute Gasteiger partial charge is 0.494 e. The van der Waals surface area contributed by atoms with E-state index in [4.69, 9.17) is 4.74 Å². The van der Waals surface area contributed by atoms with Crippen LogP contribution in [0.5, 0.6) is 5.75 Å². The summed E-state index contributed by atoms with van der Waals surface area (Å²) in [4.78, 5) is 42.3. The third-order valence-corrected chi connectivity index (χ3v) is 5.62. The first-order chi connectivity index (χ1) is 16.1. The number of hydrogen-bond donors (Lipinski definition) is 0. The maximum Gasteiger partial charge on any atom is 0.257 e. The first-order valence-electron chi connectivity index (χ1n) is 11.0. The molecule has 1 aliphatic rings. The van der Waals surface area contributed by atoms with E-state index >= 15 is 0 Å². The highest BCUT2D eigenvalue weighted by Crippen LogP contribution is 2.28. The van der Waals surface area contributed by atoms with Crippen molar-refractivity contribution in [3.63, 3.8) is 0 Å². The van der Waals surface area contributed by atoms with Crippen LogP contribution in [0.4, 0.5) is 5.69 Å². The molecule has 6 heteroatoms. The summed E-state index contributed by atoms with van der Waals surface area (Å²) in [5.74, 6) is -0.230. The summed E-state index contributed by atoms with van der Waals surface area (Å²) < 4.78 is 5.45. The first kappa shape index (κ1) is 22.3. The van der Waals surface area contributed by atoms with Crippen LogP contribution >= 0.6 is 0 Å². The van der Waals surface area contributed by atoms with Gasteiger partial charge in [0.15, 0.2) is 0 Å². The molecule has 1 saturated heterocycles. The Labute approximate surface area is 193 Å². The van der Waals surface area contributed by atoms with Gasteiger partial charge >= 0.3 is 0 Å². The van der Waals surface area contributed by atoms with E-state index in [2.05, 4.69) is 0 Å². The molecule has 0 spiro atoms. The quantitative estimate of drug-likeness (QED) is 0.495. The summed E-state index contributed by atoms with van der Waals surface area (Å²) in [6, 6.07) is 24.9. The highest BCUT2D eigenvalue weighted by Gasteiger charge is 2.44. The van der Waals surface area contributed by atoms with Crippen LogP contribution in [0.2, 0.25) is 0 Å². The van der Waals surface area contributed by atoms with Gasteiger partial charge in [-0.2, -0.15) is 0 Å². The van der Waals surface area contributed by atoms with Crippen LogP contribution in [-0.4, -0.2) is 35.3 Å². The van der Waals surface area contributed by atoms with E-state index in [0.717, 1.165) is 11.1 Å². The van der Waals surface area contributed by atoms with Crippen LogP contribution < -0.4 is 9.64 Å². The molecule has 3 aromatic rings. The second kappa shape index (κ2) is 10.1. The van der Waals surface area contributed by atoms with Gasteiger partial charge in [0.25, 0.3) is 5.91 Å².